The predicted molar refractivity (Wildman–Crippen MR) is 111 cm³/mol. The second-order valence-electron chi connectivity index (χ2n) is 5.92. The lowest BCUT2D eigenvalue weighted by Gasteiger charge is -2.09. The van der Waals surface area contributed by atoms with Crippen LogP contribution in [0.4, 0.5) is 10.8 Å². The molecule has 0 aliphatic carbocycles. The van der Waals surface area contributed by atoms with E-state index in [1.807, 2.05) is 48.7 Å². The Kier molecular flexibility index (Phi) is 4.99. The minimum atomic E-state index is -0.455. The minimum Gasteiger partial charge on any atom is -0.493 e. The van der Waals surface area contributed by atoms with Crippen molar-refractivity contribution in [2.75, 3.05) is 19.0 Å². The van der Waals surface area contributed by atoms with Gasteiger partial charge in [0.15, 0.2) is 16.5 Å². The number of thiazole rings is 1. The molecule has 142 valence electrons. The quantitative estimate of drug-likeness (QED) is 0.461. The number of ether oxygens (including phenoxy) is 2. The number of nitrogens with zero attached hydrogens (tertiary/aromatic N) is 1. The molecule has 0 saturated carbocycles. The van der Waals surface area contributed by atoms with Crippen LogP contribution in [-0.2, 0) is 0 Å². The third-order valence-electron chi connectivity index (χ3n) is 4.15. The average Bonchev–Trinajstić information content (AvgIpc) is 3.17. The van der Waals surface area contributed by atoms with Crippen molar-refractivity contribution in [1.82, 2.24) is 4.98 Å². The molecule has 28 heavy (non-hydrogen) atoms. The van der Waals surface area contributed by atoms with Crippen LogP contribution < -0.4 is 20.4 Å². The van der Waals surface area contributed by atoms with Crippen LogP contribution in [0.2, 0.25) is 0 Å². The number of rotatable bonds is 6. The van der Waals surface area contributed by atoms with Gasteiger partial charge in [-0.15, -0.1) is 11.3 Å². The molecule has 6 nitrogen and oxygen atoms in total. The maximum atomic E-state index is 12.5. The molecule has 0 radical (unpaired) electrons. The summed E-state index contributed by atoms with van der Waals surface area (Å²) >= 11 is 1.40. The molecule has 0 amide bonds. The summed E-state index contributed by atoms with van der Waals surface area (Å²) in [7, 11) is 1.54. The number of hydrogen-bond donors (Lipinski definition) is 1. The summed E-state index contributed by atoms with van der Waals surface area (Å²) in [5.74, 6) is 1.27. The number of fused-ring (bicyclic) bond motifs is 1. The van der Waals surface area contributed by atoms with E-state index in [0.29, 0.717) is 34.3 Å². The van der Waals surface area contributed by atoms with Gasteiger partial charge in [-0.25, -0.2) is 9.78 Å². The Balaban J connectivity index is 1.68. The van der Waals surface area contributed by atoms with Crippen molar-refractivity contribution in [3.05, 3.63) is 64.3 Å². The number of methoxy groups -OCH3 is 1. The first-order valence-electron chi connectivity index (χ1n) is 8.75. The first kappa shape index (κ1) is 18.1. The zero-order valence-electron chi connectivity index (χ0n) is 15.4. The number of anilines is 2. The molecule has 7 heteroatoms. The van der Waals surface area contributed by atoms with E-state index in [2.05, 4.69) is 10.3 Å². The van der Waals surface area contributed by atoms with Crippen molar-refractivity contribution in [2.45, 2.75) is 6.92 Å². The highest BCUT2D eigenvalue weighted by Crippen LogP contribution is 2.32. The fourth-order valence-electron chi connectivity index (χ4n) is 2.88. The van der Waals surface area contributed by atoms with Gasteiger partial charge >= 0.3 is 5.63 Å². The standard InChI is InChI=1S/C21H18N2O4S/c1-3-26-17-9-5-4-8-15(17)22-21-23-16(12-28-21)14-11-13-7-6-10-18(25-2)19(13)27-20(14)24/h4-12H,3H2,1-2H3,(H,22,23). The van der Waals surface area contributed by atoms with E-state index in [4.69, 9.17) is 13.9 Å². The van der Waals surface area contributed by atoms with Crippen LogP contribution in [0.3, 0.4) is 0 Å². The van der Waals surface area contributed by atoms with Gasteiger partial charge in [0.2, 0.25) is 0 Å². The summed E-state index contributed by atoms with van der Waals surface area (Å²) in [6, 6.07) is 14.9. The molecule has 4 aromatic rings. The normalized spacial score (nSPS) is 10.8. The van der Waals surface area contributed by atoms with E-state index < -0.39 is 5.63 Å². The minimum absolute atomic E-state index is 0.406. The van der Waals surface area contributed by atoms with Gasteiger partial charge in [0, 0.05) is 10.8 Å². The summed E-state index contributed by atoms with van der Waals surface area (Å²) in [6.07, 6.45) is 0. The van der Waals surface area contributed by atoms with Crippen molar-refractivity contribution in [1.29, 1.82) is 0 Å². The van der Waals surface area contributed by atoms with Crippen LogP contribution >= 0.6 is 11.3 Å². The van der Waals surface area contributed by atoms with Crippen LogP contribution in [0.15, 0.2) is 63.1 Å². The number of aromatic nitrogens is 1. The molecular weight excluding hydrogens is 376 g/mol. The van der Waals surface area contributed by atoms with Crippen molar-refractivity contribution < 1.29 is 13.9 Å². The average molecular weight is 394 g/mol. The van der Waals surface area contributed by atoms with Crippen molar-refractivity contribution in [3.63, 3.8) is 0 Å². The molecule has 0 unspecified atom stereocenters. The Bertz CT molecular complexity index is 1180. The molecule has 4 rings (SSSR count). The lowest BCUT2D eigenvalue weighted by atomic mass is 10.1. The van der Waals surface area contributed by atoms with Crippen LogP contribution in [0.1, 0.15) is 6.92 Å². The van der Waals surface area contributed by atoms with E-state index in [1.54, 1.807) is 19.2 Å². The van der Waals surface area contributed by atoms with Gasteiger partial charge in [-0.05, 0) is 31.2 Å². The monoisotopic (exact) mass is 394 g/mol. The van der Waals surface area contributed by atoms with Gasteiger partial charge in [0.25, 0.3) is 0 Å². The molecule has 2 aromatic heterocycles. The number of nitrogens with one attached hydrogen (secondary N) is 1. The Hall–Kier alpha value is -3.32. The largest absolute Gasteiger partial charge is 0.493 e. The Morgan fingerprint density at radius 1 is 1.14 bits per heavy atom. The summed E-state index contributed by atoms with van der Waals surface area (Å²) in [6.45, 7) is 2.51. The van der Waals surface area contributed by atoms with E-state index in [0.717, 1.165) is 16.8 Å². The smallest absolute Gasteiger partial charge is 0.345 e. The zero-order chi connectivity index (χ0) is 19.5. The molecule has 2 aromatic carbocycles. The number of hydrogen-bond acceptors (Lipinski definition) is 7. The molecule has 0 aliphatic rings. The molecule has 0 fully saturated rings. The topological polar surface area (TPSA) is 73.6 Å². The highest BCUT2D eigenvalue weighted by atomic mass is 32.1. The summed E-state index contributed by atoms with van der Waals surface area (Å²) in [4.78, 5) is 17.1. The SMILES string of the molecule is CCOc1ccccc1Nc1nc(-c2cc3cccc(OC)c3oc2=O)cs1. The predicted octanol–water partition coefficient (Wildman–Crippen LogP) is 5.07. The molecular formula is C21H18N2O4S. The van der Waals surface area contributed by atoms with Gasteiger partial charge in [0.05, 0.1) is 30.7 Å². The van der Waals surface area contributed by atoms with Crippen LogP contribution in [0, 0.1) is 0 Å². The molecule has 0 saturated heterocycles. The highest BCUT2D eigenvalue weighted by molar-refractivity contribution is 7.14. The van der Waals surface area contributed by atoms with E-state index in [-0.39, 0.29) is 0 Å². The zero-order valence-corrected chi connectivity index (χ0v) is 16.2. The van der Waals surface area contributed by atoms with Gasteiger partial charge in [-0.3, -0.25) is 0 Å². The second-order valence-corrected chi connectivity index (χ2v) is 6.78. The lowest BCUT2D eigenvalue weighted by molar-refractivity contribution is 0.342. The van der Waals surface area contributed by atoms with Crippen LogP contribution in [0.25, 0.3) is 22.2 Å². The fraction of sp³-hybridized carbons (Fsp3) is 0.143. The van der Waals surface area contributed by atoms with E-state index in [1.165, 1.54) is 11.3 Å². The van der Waals surface area contributed by atoms with Crippen LogP contribution in [0.5, 0.6) is 11.5 Å². The molecule has 1 N–H and O–H groups in total. The maximum Gasteiger partial charge on any atom is 0.345 e. The van der Waals surface area contributed by atoms with E-state index in [9.17, 15) is 4.79 Å². The Labute approximate surface area is 165 Å². The third-order valence-corrected chi connectivity index (χ3v) is 4.91. The Morgan fingerprint density at radius 2 is 1.96 bits per heavy atom. The molecule has 0 aliphatic heterocycles. The fourth-order valence-corrected chi connectivity index (χ4v) is 3.60. The van der Waals surface area contributed by atoms with Crippen molar-refractivity contribution in [2.24, 2.45) is 0 Å². The van der Waals surface area contributed by atoms with Crippen molar-refractivity contribution in [3.8, 4) is 22.8 Å². The Morgan fingerprint density at radius 3 is 2.79 bits per heavy atom. The maximum absolute atomic E-state index is 12.5. The lowest BCUT2D eigenvalue weighted by Crippen LogP contribution is -2.03. The van der Waals surface area contributed by atoms with Crippen LogP contribution in [-0.4, -0.2) is 18.7 Å². The van der Waals surface area contributed by atoms with Crippen molar-refractivity contribution >= 4 is 33.1 Å². The molecule has 0 atom stereocenters. The number of benzene rings is 2. The first-order valence-corrected chi connectivity index (χ1v) is 9.63. The molecule has 0 bridgehead atoms. The van der Waals surface area contributed by atoms with E-state index >= 15 is 0 Å². The number of para-hydroxylation sites is 3. The summed E-state index contributed by atoms with van der Waals surface area (Å²) in [5.41, 5.74) is 1.75. The summed E-state index contributed by atoms with van der Waals surface area (Å²) in [5, 5.41) is 6.51. The van der Waals surface area contributed by atoms with Gasteiger partial charge in [-0.2, -0.15) is 0 Å². The summed E-state index contributed by atoms with van der Waals surface area (Å²) < 4.78 is 16.4. The second kappa shape index (κ2) is 7.74. The van der Waals surface area contributed by atoms with Gasteiger partial charge < -0.3 is 19.2 Å². The van der Waals surface area contributed by atoms with Gasteiger partial charge in [0.1, 0.15) is 5.75 Å². The highest BCUT2D eigenvalue weighted by Gasteiger charge is 2.14. The van der Waals surface area contributed by atoms with Gasteiger partial charge in [-0.1, -0.05) is 24.3 Å². The third kappa shape index (κ3) is 3.44. The molecule has 0 spiro atoms. The first-order chi connectivity index (χ1) is 13.7. The molecule has 2 heterocycles.